The van der Waals surface area contributed by atoms with E-state index in [2.05, 4.69) is 57.5 Å². The summed E-state index contributed by atoms with van der Waals surface area (Å²) in [5, 5.41) is 0. The van der Waals surface area contributed by atoms with Crippen LogP contribution in [0.15, 0.2) is 55.0 Å². The van der Waals surface area contributed by atoms with Crippen LogP contribution in [0.3, 0.4) is 0 Å². The molecule has 5 heteroatoms. The molecule has 0 spiro atoms. The molecule has 1 aliphatic rings. The van der Waals surface area contributed by atoms with E-state index in [1.54, 1.807) is 0 Å². The minimum Gasteiger partial charge on any atom is -0.377 e. The molecule has 0 aliphatic carbocycles. The van der Waals surface area contributed by atoms with Gasteiger partial charge in [-0.25, -0.2) is 0 Å². The molecular formula is C23H28N4O. The number of rotatable bonds is 7. The van der Waals surface area contributed by atoms with E-state index in [1.807, 2.05) is 30.7 Å². The van der Waals surface area contributed by atoms with Gasteiger partial charge in [0.1, 0.15) is 0 Å². The predicted molar refractivity (Wildman–Crippen MR) is 110 cm³/mol. The number of hydrogen-bond acceptors (Lipinski definition) is 4. The normalized spacial score (nSPS) is 16.8. The summed E-state index contributed by atoms with van der Waals surface area (Å²) in [5.74, 6) is 0. The fourth-order valence-electron chi connectivity index (χ4n) is 4.10. The summed E-state index contributed by atoms with van der Waals surface area (Å²) in [6.07, 6.45) is 8.24. The Morgan fingerprint density at radius 2 is 2.07 bits per heavy atom. The van der Waals surface area contributed by atoms with Crippen LogP contribution < -0.4 is 0 Å². The lowest BCUT2D eigenvalue weighted by Crippen LogP contribution is -2.31. The molecule has 0 radical (unpaired) electrons. The smallest absolute Gasteiger partial charge is 0.0703 e. The Morgan fingerprint density at radius 1 is 1.14 bits per heavy atom. The Bertz CT molecular complexity index is 886. The summed E-state index contributed by atoms with van der Waals surface area (Å²) < 4.78 is 8.20. The summed E-state index contributed by atoms with van der Waals surface area (Å²) >= 11 is 0. The summed E-state index contributed by atoms with van der Waals surface area (Å²) in [6.45, 7) is 7.89. The Kier molecular flexibility index (Phi) is 5.84. The summed E-state index contributed by atoms with van der Waals surface area (Å²) in [6, 6.07) is 12.5. The molecule has 5 nitrogen and oxygen atoms in total. The van der Waals surface area contributed by atoms with Gasteiger partial charge in [-0.05, 0) is 62.6 Å². The maximum atomic E-state index is 5.91. The fraction of sp³-hybridized carbons (Fsp3) is 0.391. The highest BCUT2D eigenvalue weighted by Crippen LogP contribution is 2.23. The highest BCUT2D eigenvalue weighted by molar-refractivity contribution is 5.39. The zero-order chi connectivity index (χ0) is 19.3. The lowest BCUT2D eigenvalue weighted by molar-refractivity contribution is 0.0674. The molecule has 1 unspecified atom stereocenters. The van der Waals surface area contributed by atoms with E-state index in [0.717, 1.165) is 50.5 Å². The molecule has 1 saturated heterocycles. The van der Waals surface area contributed by atoms with E-state index >= 15 is 0 Å². The Morgan fingerprint density at radius 3 is 2.79 bits per heavy atom. The lowest BCUT2D eigenvalue weighted by atomic mass is 10.1. The molecule has 3 aromatic heterocycles. The van der Waals surface area contributed by atoms with Crippen molar-refractivity contribution >= 4 is 0 Å². The number of aromatic nitrogens is 3. The van der Waals surface area contributed by atoms with Gasteiger partial charge in [-0.15, -0.1) is 0 Å². The van der Waals surface area contributed by atoms with Crippen molar-refractivity contribution in [3.63, 3.8) is 0 Å². The predicted octanol–water partition coefficient (Wildman–Crippen LogP) is 4.07. The number of hydrogen-bond donors (Lipinski definition) is 0. The third kappa shape index (κ3) is 4.32. The van der Waals surface area contributed by atoms with Crippen LogP contribution in [0.5, 0.6) is 0 Å². The molecule has 0 saturated carbocycles. The molecule has 0 aromatic carbocycles. The van der Waals surface area contributed by atoms with Crippen molar-refractivity contribution in [1.82, 2.24) is 19.4 Å². The van der Waals surface area contributed by atoms with Gasteiger partial charge in [-0.2, -0.15) is 0 Å². The second-order valence-electron chi connectivity index (χ2n) is 7.57. The van der Waals surface area contributed by atoms with Crippen LogP contribution in [0.2, 0.25) is 0 Å². The first-order valence-corrected chi connectivity index (χ1v) is 10.0. The van der Waals surface area contributed by atoms with Gasteiger partial charge in [0, 0.05) is 50.0 Å². The molecule has 0 amide bonds. The summed E-state index contributed by atoms with van der Waals surface area (Å²) in [5.41, 5.74) is 6.05. The minimum absolute atomic E-state index is 0.325. The molecule has 4 rings (SSSR count). The Balaban J connectivity index is 1.57. The van der Waals surface area contributed by atoms with Crippen LogP contribution >= 0.6 is 0 Å². The van der Waals surface area contributed by atoms with Crippen LogP contribution in [0.1, 0.15) is 35.5 Å². The number of aryl methyl sites for hydroxylation is 1. The average Bonchev–Trinajstić information content (AvgIpc) is 3.31. The van der Waals surface area contributed by atoms with Gasteiger partial charge < -0.3 is 9.30 Å². The van der Waals surface area contributed by atoms with E-state index in [4.69, 9.17) is 4.74 Å². The zero-order valence-corrected chi connectivity index (χ0v) is 16.7. The first kappa shape index (κ1) is 18.8. The SMILES string of the molecule is Cc1cc(CN(Cc2ccccn2)CC2CCCO2)c(C)n1-c1cccnc1. The van der Waals surface area contributed by atoms with Crippen molar-refractivity contribution in [1.29, 1.82) is 0 Å². The minimum atomic E-state index is 0.325. The van der Waals surface area contributed by atoms with Gasteiger partial charge in [0.15, 0.2) is 0 Å². The molecule has 3 aromatic rings. The van der Waals surface area contributed by atoms with Crippen LogP contribution in [0.25, 0.3) is 5.69 Å². The van der Waals surface area contributed by atoms with Gasteiger partial charge in [0.2, 0.25) is 0 Å². The van der Waals surface area contributed by atoms with Crippen LogP contribution in [-0.4, -0.2) is 38.7 Å². The van der Waals surface area contributed by atoms with Crippen LogP contribution in [-0.2, 0) is 17.8 Å². The summed E-state index contributed by atoms with van der Waals surface area (Å²) in [7, 11) is 0. The molecule has 1 atom stereocenters. The monoisotopic (exact) mass is 376 g/mol. The van der Waals surface area contributed by atoms with Gasteiger partial charge in [0.25, 0.3) is 0 Å². The maximum absolute atomic E-state index is 5.91. The van der Waals surface area contributed by atoms with Crippen molar-refractivity contribution in [3.8, 4) is 5.69 Å². The first-order valence-electron chi connectivity index (χ1n) is 10.0. The first-order chi connectivity index (χ1) is 13.7. The van der Waals surface area contributed by atoms with Crippen molar-refractivity contribution in [2.24, 2.45) is 0 Å². The average molecular weight is 377 g/mol. The van der Waals surface area contributed by atoms with Gasteiger partial charge in [-0.3, -0.25) is 14.9 Å². The highest BCUT2D eigenvalue weighted by Gasteiger charge is 2.21. The Hall–Kier alpha value is -2.50. The topological polar surface area (TPSA) is 43.2 Å². The number of pyridine rings is 2. The molecule has 0 N–H and O–H groups in total. The van der Waals surface area contributed by atoms with E-state index in [0.29, 0.717) is 6.10 Å². The number of ether oxygens (including phenoxy) is 1. The number of nitrogens with zero attached hydrogens (tertiary/aromatic N) is 4. The van der Waals surface area contributed by atoms with Gasteiger partial charge >= 0.3 is 0 Å². The third-order valence-corrected chi connectivity index (χ3v) is 5.43. The van der Waals surface area contributed by atoms with Gasteiger partial charge in [-0.1, -0.05) is 6.07 Å². The maximum Gasteiger partial charge on any atom is 0.0703 e. The van der Waals surface area contributed by atoms with E-state index in [-0.39, 0.29) is 0 Å². The van der Waals surface area contributed by atoms with E-state index in [9.17, 15) is 0 Å². The molecule has 1 aliphatic heterocycles. The molecule has 28 heavy (non-hydrogen) atoms. The van der Waals surface area contributed by atoms with E-state index in [1.165, 1.54) is 17.0 Å². The fourth-order valence-corrected chi connectivity index (χ4v) is 4.10. The zero-order valence-electron chi connectivity index (χ0n) is 16.7. The van der Waals surface area contributed by atoms with Crippen molar-refractivity contribution in [2.45, 2.75) is 45.9 Å². The molecular weight excluding hydrogens is 348 g/mol. The van der Waals surface area contributed by atoms with Crippen molar-refractivity contribution in [3.05, 3.63) is 77.6 Å². The summed E-state index contributed by atoms with van der Waals surface area (Å²) in [4.78, 5) is 11.3. The van der Waals surface area contributed by atoms with E-state index < -0.39 is 0 Å². The molecule has 146 valence electrons. The third-order valence-electron chi connectivity index (χ3n) is 5.43. The van der Waals surface area contributed by atoms with Crippen molar-refractivity contribution < 1.29 is 4.74 Å². The van der Waals surface area contributed by atoms with Crippen LogP contribution in [0.4, 0.5) is 0 Å². The molecule has 0 bridgehead atoms. The second-order valence-corrected chi connectivity index (χ2v) is 7.57. The standard InChI is InChI=1S/C23H28N4O/c1-18-13-20(19(2)27(18)22-8-5-10-24-14-22)15-26(17-23-9-6-12-28-23)16-21-7-3-4-11-25-21/h3-5,7-8,10-11,13-14,23H,6,9,12,15-17H2,1-2H3. The quantitative estimate of drug-likeness (QED) is 0.624. The molecule has 4 heterocycles. The van der Waals surface area contributed by atoms with Gasteiger partial charge in [0.05, 0.1) is 23.7 Å². The lowest BCUT2D eigenvalue weighted by Gasteiger charge is -2.25. The Labute approximate surface area is 167 Å². The highest BCUT2D eigenvalue weighted by atomic mass is 16.5. The van der Waals surface area contributed by atoms with Crippen molar-refractivity contribution in [2.75, 3.05) is 13.2 Å². The molecule has 1 fully saturated rings. The second kappa shape index (κ2) is 8.67. The van der Waals surface area contributed by atoms with Crippen LogP contribution in [0, 0.1) is 13.8 Å². The largest absolute Gasteiger partial charge is 0.377 e.